The number of benzene rings is 1. The predicted octanol–water partition coefficient (Wildman–Crippen LogP) is 2.15. The fourth-order valence-corrected chi connectivity index (χ4v) is 2.53. The molecule has 1 aliphatic heterocycles. The molecule has 0 aromatic heterocycles. The number of carbonyl (C=O) groups excluding carboxylic acids is 2. The van der Waals surface area contributed by atoms with Gasteiger partial charge in [0.25, 0.3) is 0 Å². The van der Waals surface area contributed by atoms with Gasteiger partial charge in [-0.05, 0) is 31.9 Å². The average molecular weight is 296 g/mol. The lowest BCUT2D eigenvalue weighted by molar-refractivity contribution is -0.121. The molecule has 1 saturated heterocycles. The summed E-state index contributed by atoms with van der Waals surface area (Å²) in [6.45, 7) is 2.98. The van der Waals surface area contributed by atoms with E-state index in [1.807, 2.05) is 25.1 Å². The second kappa shape index (κ2) is 6.61. The molecule has 3 amide bonds. The van der Waals surface area contributed by atoms with Gasteiger partial charge in [-0.25, -0.2) is 4.79 Å². The molecule has 5 nitrogen and oxygen atoms in total. The molecular formula is C14H18ClN3O2. The van der Waals surface area contributed by atoms with Crippen LogP contribution in [0.5, 0.6) is 0 Å². The summed E-state index contributed by atoms with van der Waals surface area (Å²) in [5.41, 5.74) is 0.696. The maximum atomic E-state index is 12.4. The van der Waals surface area contributed by atoms with Gasteiger partial charge in [0, 0.05) is 13.1 Å². The second-order valence-electron chi connectivity index (χ2n) is 4.64. The summed E-state index contributed by atoms with van der Waals surface area (Å²) in [5, 5.41) is 5.88. The lowest BCUT2D eigenvalue weighted by atomic mass is 10.0. The molecule has 1 unspecified atom stereocenters. The van der Waals surface area contributed by atoms with Gasteiger partial charge in [0.1, 0.15) is 6.04 Å². The van der Waals surface area contributed by atoms with E-state index in [4.69, 9.17) is 11.6 Å². The van der Waals surface area contributed by atoms with E-state index >= 15 is 0 Å². The maximum Gasteiger partial charge on any atom is 0.315 e. The van der Waals surface area contributed by atoms with E-state index in [0.717, 1.165) is 6.42 Å². The average Bonchev–Trinajstić information content (AvgIpc) is 2.42. The molecule has 0 aliphatic carbocycles. The van der Waals surface area contributed by atoms with Crippen molar-refractivity contribution in [2.75, 3.05) is 18.0 Å². The van der Waals surface area contributed by atoms with Crippen LogP contribution in [-0.2, 0) is 4.79 Å². The number of rotatable bonds is 3. The van der Waals surface area contributed by atoms with Gasteiger partial charge in [0.2, 0.25) is 5.91 Å². The van der Waals surface area contributed by atoms with Crippen molar-refractivity contribution in [3.8, 4) is 0 Å². The highest BCUT2D eigenvalue weighted by molar-refractivity contribution is 6.33. The zero-order valence-corrected chi connectivity index (χ0v) is 12.1. The Morgan fingerprint density at radius 2 is 2.20 bits per heavy atom. The summed E-state index contributed by atoms with van der Waals surface area (Å²) in [4.78, 5) is 25.6. The van der Waals surface area contributed by atoms with Gasteiger partial charge in [0.05, 0.1) is 10.7 Å². The molecule has 1 aliphatic rings. The van der Waals surface area contributed by atoms with Crippen LogP contribution in [0.4, 0.5) is 10.5 Å². The van der Waals surface area contributed by atoms with Gasteiger partial charge in [0.15, 0.2) is 0 Å². The van der Waals surface area contributed by atoms with Crippen molar-refractivity contribution in [1.82, 2.24) is 10.6 Å². The number of para-hydroxylation sites is 1. The normalized spacial score (nSPS) is 18.8. The van der Waals surface area contributed by atoms with Crippen LogP contribution in [0.1, 0.15) is 19.8 Å². The molecular weight excluding hydrogens is 278 g/mol. The van der Waals surface area contributed by atoms with Gasteiger partial charge in [-0.3, -0.25) is 4.79 Å². The molecule has 0 spiro atoms. The first-order chi connectivity index (χ1) is 9.63. The fourth-order valence-electron chi connectivity index (χ4n) is 2.29. The van der Waals surface area contributed by atoms with E-state index in [0.29, 0.717) is 30.2 Å². The second-order valence-corrected chi connectivity index (χ2v) is 5.05. The third-order valence-corrected chi connectivity index (χ3v) is 3.54. The summed E-state index contributed by atoms with van der Waals surface area (Å²) in [5.74, 6) is -0.115. The highest BCUT2D eigenvalue weighted by Gasteiger charge is 2.31. The molecule has 1 aromatic rings. The molecule has 1 atom stereocenters. The Bertz CT molecular complexity index is 507. The first-order valence-corrected chi connectivity index (χ1v) is 7.11. The van der Waals surface area contributed by atoms with Crippen LogP contribution in [-0.4, -0.2) is 31.1 Å². The van der Waals surface area contributed by atoms with Crippen LogP contribution in [0.15, 0.2) is 24.3 Å². The van der Waals surface area contributed by atoms with E-state index in [-0.39, 0.29) is 11.9 Å². The van der Waals surface area contributed by atoms with Crippen molar-refractivity contribution in [2.45, 2.75) is 25.8 Å². The zero-order chi connectivity index (χ0) is 14.5. The van der Waals surface area contributed by atoms with Crippen LogP contribution in [0, 0.1) is 0 Å². The van der Waals surface area contributed by atoms with Crippen LogP contribution in [0.2, 0.25) is 5.02 Å². The molecule has 2 rings (SSSR count). The van der Waals surface area contributed by atoms with E-state index in [2.05, 4.69) is 10.6 Å². The predicted molar refractivity (Wildman–Crippen MR) is 79.0 cm³/mol. The van der Waals surface area contributed by atoms with E-state index < -0.39 is 6.04 Å². The van der Waals surface area contributed by atoms with Crippen molar-refractivity contribution in [2.24, 2.45) is 0 Å². The Labute approximate surface area is 123 Å². The van der Waals surface area contributed by atoms with Crippen molar-refractivity contribution in [1.29, 1.82) is 0 Å². The van der Waals surface area contributed by atoms with Crippen LogP contribution in [0.3, 0.4) is 0 Å². The van der Waals surface area contributed by atoms with Gasteiger partial charge < -0.3 is 15.5 Å². The molecule has 0 radical (unpaired) electrons. The van der Waals surface area contributed by atoms with Crippen LogP contribution >= 0.6 is 11.6 Å². The first-order valence-electron chi connectivity index (χ1n) is 6.73. The number of hydrogen-bond donors (Lipinski definition) is 2. The SMILES string of the molecule is CCNC(=O)NC1CCCN(c2ccccc2Cl)C1=O. The Kier molecular flexibility index (Phi) is 4.84. The Morgan fingerprint density at radius 1 is 1.45 bits per heavy atom. The van der Waals surface area contributed by atoms with Crippen molar-refractivity contribution >= 4 is 29.2 Å². The van der Waals surface area contributed by atoms with E-state index in [1.54, 1.807) is 11.0 Å². The number of nitrogens with one attached hydrogen (secondary N) is 2. The number of anilines is 1. The molecule has 0 saturated carbocycles. The van der Waals surface area contributed by atoms with Crippen molar-refractivity contribution < 1.29 is 9.59 Å². The Balaban J connectivity index is 2.11. The molecule has 108 valence electrons. The van der Waals surface area contributed by atoms with E-state index in [1.165, 1.54) is 0 Å². The lowest BCUT2D eigenvalue weighted by Gasteiger charge is -2.33. The first kappa shape index (κ1) is 14.7. The third-order valence-electron chi connectivity index (χ3n) is 3.22. The number of amides is 3. The van der Waals surface area contributed by atoms with Gasteiger partial charge >= 0.3 is 6.03 Å². The number of halogens is 1. The third kappa shape index (κ3) is 3.22. The smallest absolute Gasteiger partial charge is 0.315 e. The highest BCUT2D eigenvalue weighted by atomic mass is 35.5. The minimum atomic E-state index is -0.494. The van der Waals surface area contributed by atoms with Crippen molar-refractivity contribution in [3.05, 3.63) is 29.3 Å². The molecule has 20 heavy (non-hydrogen) atoms. The minimum Gasteiger partial charge on any atom is -0.338 e. The number of nitrogens with zero attached hydrogens (tertiary/aromatic N) is 1. The molecule has 1 heterocycles. The van der Waals surface area contributed by atoms with Gasteiger partial charge in [-0.2, -0.15) is 0 Å². The summed E-state index contributed by atoms with van der Waals surface area (Å²) >= 11 is 6.13. The molecule has 6 heteroatoms. The summed E-state index contributed by atoms with van der Waals surface area (Å²) in [6.07, 6.45) is 1.48. The zero-order valence-electron chi connectivity index (χ0n) is 11.4. The summed E-state index contributed by atoms with van der Waals surface area (Å²) in [6, 6.07) is 6.43. The number of urea groups is 1. The maximum absolute atomic E-state index is 12.4. The number of carbonyl (C=O) groups is 2. The molecule has 0 bridgehead atoms. The highest BCUT2D eigenvalue weighted by Crippen LogP contribution is 2.28. The number of hydrogen-bond acceptors (Lipinski definition) is 2. The molecule has 1 aromatic carbocycles. The quantitative estimate of drug-likeness (QED) is 0.897. The summed E-state index contributed by atoms with van der Waals surface area (Å²) < 4.78 is 0. The van der Waals surface area contributed by atoms with Crippen LogP contribution < -0.4 is 15.5 Å². The topological polar surface area (TPSA) is 61.4 Å². The van der Waals surface area contributed by atoms with E-state index in [9.17, 15) is 9.59 Å². The minimum absolute atomic E-state index is 0.115. The van der Waals surface area contributed by atoms with Crippen LogP contribution in [0.25, 0.3) is 0 Å². The monoisotopic (exact) mass is 295 g/mol. The molecule has 1 fully saturated rings. The number of piperidine rings is 1. The lowest BCUT2D eigenvalue weighted by Crippen LogP contribution is -2.54. The molecule has 2 N–H and O–H groups in total. The summed E-state index contributed by atoms with van der Waals surface area (Å²) in [7, 11) is 0. The van der Waals surface area contributed by atoms with Crippen molar-refractivity contribution in [3.63, 3.8) is 0 Å². The standard InChI is InChI=1S/C14H18ClN3O2/c1-2-16-14(20)17-11-7-5-9-18(13(11)19)12-8-4-3-6-10(12)15/h3-4,6,8,11H,2,5,7,9H2,1H3,(H2,16,17,20). The van der Waals surface area contributed by atoms with Gasteiger partial charge in [-0.1, -0.05) is 23.7 Å². The Hall–Kier alpha value is -1.75. The van der Waals surface area contributed by atoms with Gasteiger partial charge in [-0.15, -0.1) is 0 Å². The fraction of sp³-hybridized carbons (Fsp3) is 0.429. The largest absolute Gasteiger partial charge is 0.338 e. The Morgan fingerprint density at radius 3 is 2.90 bits per heavy atom.